The fourth-order valence-electron chi connectivity index (χ4n) is 1.52. The first-order valence-corrected chi connectivity index (χ1v) is 17.9. The Morgan fingerprint density at radius 1 is 1.00 bits per heavy atom. The van der Waals surface area contributed by atoms with E-state index >= 15 is 0 Å². The van der Waals surface area contributed by atoms with Crippen LogP contribution in [0, 0.1) is 0 Å². The van der Waals surface area contributed by atoms with Crippen LogP contribution in [-0.4, -0.2) is 33.1 Å². The number of rotatable bonds is 2. The normalized spacial score (nSPS) is 15.6. The average molecular weight is 342 g/mol. The van der Waals surface area contributed by atoms with Gasteiger partial charge in [0.1, 0.15) is 0 Å². The fourth-order valence-corrected chi connectivity index (χ4v) is 8.54. The molecule has 2 amide bonds. The molecule has 84 valence electrons. The predicted molar refractivity (Wildman–Crippen MR) is 67.9 cm³/mol. The van der Waals surface area contributed by atoms with Crippen LogP contribution in [0.15, 0.2) is 24.3 Å². The van der Waals surface area contributed by atoms with Crippen molar-refractivity contribution < 1.29 is 9.59 Å². The number of carbonyl (C=O) groups excluding carboxylic acids is 2. The average Bonchev–Trinajstić information content (AvgIpc) is 2.43. The Bertz CT molecular complexity index is 432. The second-order valence-electron chi connectivity index (χ2n) is 4.65. The third-order valence-electron chi connectivity index (χ3n) is 2.12. The SMILES string of the molecule is [CH3][Sn]([CH3])([CH3])[S]N1C(=O)c2ccccc2C1=O. The molecule has 0 bridgehead atoms. The molecule has 0 saturated carbocycles. The summed E-state index contributed by atoms with van der Waals surface area (Å²) in [4.78, 5) is 30.6. The topological polar surface area (TPSA) is 37.4 Å². The van der Waals surface area contributed by atoms with Gasteiger partial charge < -0.3 is 0 Å². The summed E-state index contributed by atoms with van der Waals surface area (Å²) in [5.41, 5.74) is 1.08. The molecule has 0 atom stereocenters. The van der Waals surface area contributed by atoms with Crippen LogP contribution in [0.2, 0.25) is 14.8 Å². The Kier molecular flexibility index (Phi) is 3.05. The molecule has 1 aliphatic heterocycles. The summed E-state index contributed by atoms with van der Waals surface area (Å²) in [5.74, 6) is -0.311. The Morgan fingerprint density at radius 3 is 1.81 bits per heavy atom. The first-order valence-electron chi connectivity index (χ1n) is 5.07. The second-order valence-corrected chi connectivity index (χ2v) is 27.0. The van der Waals surface area contributed by atoms with Crippen LogP contribution < -0.4 is 0 Å². The summed E-state index contributed by atoms with van der Waals surface area (Å²) in [6, 6.07) is 7.01. The standard InChI is InChI=1S/C8H4NO2S.3CH3.Sn/c10-7-5-3-1-2-4-6(5)8(11)9(7)12;;;;/h1-4H;3*1H3;/q-1;;;;+1. The van der Waals surface area contributed by atoms with Crippen LogP contribution in [0.4, 0.5) is 0 Å². The molecule has 1 aliphatic rings. The Morgan fingerprint density at radius 2 is 1.44 bits per heavy atom. The number of nitrogens with zero attached hydrogens (tertiary/aromatic N) is 1. The van der Waals surface area contributed by atoms with Crippen LogP contribution in [0.3, 0.4) is 0 Å². The van der Waals surface area contributed by atoms with Gasteiger partial charge in [0, 0.05) is 0 Å². The molecule has 0 unspecified atom stereocenters. The minimum absolute atomic E-state index is 0.155. The van der Waals surface area contributed by atoms with Gasteiger partial charge in [0.15, 0.2) is 0 Å². The van der Waals surface area contributed by atoms with Crippen molar-refractivity contribution in [3.05, 3.63) is 35.4 Å². The molecule has 0 aromatic heterocycles. The van der Waals surface area contributed by atoms with Gasteiger partial charge in [-0.05, 0) is 0 Å². The van der Waals surface area contributed by atoms with Gasteiger partial charge >= 0.3 is 102 Å². The van der Waals surface area contributed by atoms with E-state index in [1.54, 1.807) is 24.3 Å². The molecule has 1 heterocycles. The van der Waals surface area contributed by atoms with Gasteiger partial charge in [0.2, 0.25) is 0 Å². The van der Waals surface area contributed by atoms with Crippen molar-refractivity contribution in [2.24, 2.45) is 0 Å². The number of amides is 2. The van der Waals surface area contributed by atoms with E-state index in [0.29, 0.717) is 11.1 Å². The number of fused-ring (bicyclic) bond motifs is 1. The van der Waals surface area contributed by atoms with Crippen LogP contribution in [0.5, 0.6) is 0 Å². The Hall–Kier alpha value is -0.491. The van der Waals surface area contributed by atoms with Gasteiger partial charge in [0.05, 0.1) is 0 Å². The molecule has 0 spiro atoms. The third-order valence-corrected chi connectivity index (χ3v) is 9.44. The van der Waals surface area contributed by atoms with Crippen molar-refractivity contribution in [1.29, 1.82) is 0 Å². The number of hydrogen-bond donors (Lipinski definition) is 0. The van der Waals surface area contributed by atoms with E-state index in [9.17, 15) is 9.59 Å². The van der Waals surface area contributed by atoms with Crippen molar-refractivity contribution in [2.75, 3.05) is 0 Å². The minimum atomic E-state index is -2.25. The quantitative estimate of drug-likeness (QED) is 0.471. The molecule has 3 nitrogen and oxygen atoms in total. The zero-order valence-corrected chi connectivity index (χ0v) is 13.2. The number of carbonyl (C=O) groups is 2. The Labute approximate surface area is 102 Å². The zero-order chi connectivity index (χ0) is 11.9. The molecule has 0 N–H and O–H groups in total. The molecule has 1 aromatic carbocycles. The second kappa shape index (κ2) is 4.07. The van der Waals surface area contributed by atoms with E-state index in [1.807, 2.05) is 0 Å². The molecular formula is C11H13NO2SSn. The first-order chi connectivity index (χ1) is 7.40. The molecule has 1 aromatic rings. The van der Waals surface area contributed by atoms with Crippen molar-refractivity contribution in [3.63, 3.8) is 0 Å². The van der Waals surface area contributed by atoms with Gasteiger partial charge in [-0.25, -0.2) is 0 Å². The van der Waals surface area contributed by atoms with Crippen LogP contribution in [-0.2, 0) is 0 Å². The molecular weight excluding hydrogens is 329 g/mol. The van der Waals surface area contributed by atoms with E-state index in [-0.39, 0.29) is 11.8 Å². The molecule has 0 radical (unpaired) electrons. The van der Waals surface area contributed by atoms with E-state index in [0.717, 1.165) is 0 Å². The van der Waals surface area contributed by atoms with Gasteiger partial charge in [0.25, 0.3) is 0 Å². The maximum absolute atomic E-state index is 12.0. The fraction of sp³-hybridized carbons (Fsp3) is 0.273. The van der Waals surface area contributed by atoms with E-state index < -0.39 is 17.0 Å². The number of benzene rings is 1. The molecule has 0 fully saturated rings. The van der Waals surface area contributed by atoms with Gasteiger partial charge in [-0.15, -0.1) is 0 Å². The molecule has 0 aliphatic carbocycles. The first kappa shape index (κ1) is 12.0. The van der Waals surface area contributed by atoms with Crippen molar-refractivity contribution in [3.8, 4) is 0 Å². The zero-order valence-electron chi connectivity index (χ0n) is 9.48. The molecule has 16 heavy (non-hydrogen) atoms. The van der Waals surface area contributed by atoms with Crippen LogP contribution in [0.25, 0.3) is 0 Å². The van der Waals surface area contributed by atoms with Crippen LogP contribution >= 0.6 is 9.13 Å². The molecule has 2 rings (SSSR count). The van der Waals surface area contributed by atoms with Gasteiger partial charge in [-0.2, -0.15) is 0 Å². The summed E-state index contributed by atoms with van der Waals surface area (Å²) in [6.07, 6.45) is 0. The number of imide groups is 1. The Balaban J connectivity index is 2.36. The summed E-state index contributed by atoms with van der Waals surface area (Å²) in [5, 5.41) is 0. The van der Waals surface area contributed by atoms with Gasteiger partial charge in [-0.3, -0.25) is 0 Å². The third kappa shape index (κ3) is 2.13. The van der Waals surface area contributed by atoms with Crippen molar-refractivity contribution in [1.82, 2.24) is 4.31 Å². The maximum atomic E-state index is 12.0. The van der Waals surface area contributed by atoms with Crippen LogP contribution in [0.1, 0.15) is 20.7 Å². The van der Waals surface area contributed by atoms with Gasteiger partial charge in [-0.1, -0.05) is 0 Å². The summed E-state index contributed by atoms with van der Waals surface area (Å²) < 4.78 is 1.35. The van der Waals surface area contributed by atoms with E-state index in [4.69, 9.17) is 0 Å². The van der Waals surface area contributed by atoms with E-state index in [2.05, 4.69) is 14.8 Å². The summed E-state index contributed by atoms with van der Waals surface area (Å²) in [6.45, 7) is 0. The summed E-state index contributed by atoms with van der Waals surface area (Å²) in [7, 11) is 1.48. The molecule has 5 heteroatoms. The monoisotopic (exact) mass is 343 g/mol. The predicted octanol–water partition coefficient (Wildman–Crippen LogP) is 2.77. The summed E-state index contributed by atoms with van der Waals surface area (Å²) >= 11 is -2.25. The van der Waals surface area contributed by atoms with Crippen molar-refractivity contribution in [2.45, 2.75) is 14.8 Å². The number of hydrogen-bond acceptors (Lipinski definition) is 3. The van der Waals surface area contributed by atoms with Crippen molar-refractivity contribution >= 4 is 37.9 Å². The van der Waals surface area contributed by atoms with E-state index in [1.165, 1.54) is 13.4 Å². The molecule has 0 saturated heterocycles.